The van der Waals surface area contributed by atoms with Crippen molar-refractivity contribution in [3.8, 4) is 0 Å². The van der Waals surface area contributed by atoms with Crippen molar-refractivity contribution in [2.45, 2.75) is 13.5 Å². The van der Waals surface area contributed by atoms with Gasteiger partial charge in [-0.1, -0.05) is 22.0 Å². The first kappa shape index (κ1) is 13.5. The van der Waals surface area contributed by atoms with E-state index >= 15 is 0 Å². The molecule has 0 unspecified atom stereocenters. The number of carboxylic acids is 1. The van der Waals surface area contributed by atoms with Crippen molar-refractivity contribution in [3.05, 3.63) is 57.8 Å². The van der Waals surface area contributed by atoms with Crippen molar-refractivity contribution in [1.82, 2.24) is 4.98 Å². The Balaban J connectivity index is 2.11. The molecule has 5 heteroatoms. The molecule has 1 heterocycles. The second kappa shape index (κ2) is 5.84. The second-order valence-corrected chi connectivity index (χ2v) is 5.11. The van der Waals surface area contributed by atoms with Crippen LogP contribution in [0.2, 0.25) is 0 Å². The molecule has 0 radical (unpaired) electrons. The minimum absolute atomic E-state index is 0.249. The monoisotopic (exact) mass is 320 g/mol. The lowest BCUT2D eigenvalue weighted by Gasteiger charge is -2.08. The maximum atomic E-state index is 11.0. The number of carbonyl (C=O) groups is 1. The van der Waals surface area contributed by atoms with Gasteiger partial charge in [0.25, 0.3) is 0 Å². The van der Waals surface area contributed by atoms with Crippen molar-refractivity contribution < 1.29 is 9.90 Å². The largest absolute Gasteiger partial charge is 0.478 e. The molecule has 0 spiro atoms. The first-order chi connectivity index (χ1) is 9.04. The molecule has 1 aromatic carbocycles. The molecule has 2 rings (SSSR count). The number of hydrogen-bond donors (Lipinski definition) is 2. The first-order valence-corrected chi connectivity index (χ1v) is 6.53. The van der Waals surface area contributed by atoms with Crippen molar-refractivity contribution in [2.75, 3.05) is 5.32 Å². The molecular weight excluding hydrogens is 308 g/mol. The molecule has 0 aliphatic rings. The lowest BCUT2D eigenvalue weighted by molar-refractivity contribution is 0.0697. The highest BCUT2D eigenvalue weighted by Gasteiger charge is 2.05. The Morgan fingerprint density at radius 3 is 2.79 bits per heavy atom. The Morgan fingerprint density at radius 1 is 1.37 bits per heavy atom. The SMILES string of the molecule is Cc1ccc(CNc2cc(Br)cc(C(=O)O)c2)cn1. The van der Waals surface area contributed by atoms with Crippen LogP contribution in [0.5, 0.6) is 0 Å². The minimum atomic E-state index is -0.943. The summed E-state index contributed by atoms with van der Waals surface area (Å²) in [5.74, 6) is -0.943. The lowest BCUT2D eigenvalue weighted by atomic mass is 10.2. The van der Waals surface area contributed by atoms with Crippen LogP contribution in [0.15, 0.2) is 41.0 Å². The molecule has 1 aromatic heterocycles. The Hall–Kier alpha value is -1.88. The molecule has 0 saturated heterocycles. The zero-order valence-electron chi connectivity index (χ0n) is 10.4. The smallest absolute Gasteiger partial charge is 0.335 e. The van der Waals surface area contributed by atoms with Gasteiger partial charge in [-0.2, -0.15) is 0 Å². The van der Waals surface area contributed by atoms with E-state index in [4.69, 9.17) is 5.11 Å². The Bertz CT molecular complexity index is 597. The van der Waals surface area contributed by atoms with E-state index in [1.807, 2.05) is 25.1 Å². The molecule has 0 saturated carbocycles. The molecule has 0 amide bonds. The Labute approximate surface area is 119 Å². The number of pyridine rings is 1. The summed E-state index contributed by atoms with van der Waals surface area (Å²) < 4.78 is 0.733. The lowest BCUT2D eigenvalue weighted by Crippen LogP contribution is -2.03. The Morgan fingerprint density at radius 2 is 2.16 bits per heavy atom. The molecule has 2 aromatic rings. The van der Waals surface area contributed by atoms with E-state index in [9.17, 15) is 4.79 Å². The fourth-order valence-electron chi connectivity index (χ4n) is 1.62. The predicted molar refractivity (Wildman–Crippen MR) is 77.4 cm³/mol. The average Bonchev–Trinajstić information content (AvgIpc) is 2.37. The molecular formula is C14H13BrN2O2. The standard InChI is InChI=1S/C14H13BrN2O2/c1-9-2-3-10(7-16-9)8-17-13-5-11(14(18)19)4-12(15)6-13/h2-7,17H,8H2,1H3,(H,18,19). The van der Waals surface area contributed by atoms with Crippen LogP contribution in [0.25, 0.3) is 0 Å². The number of carboxylic acid groups (broad SMARTS) is 1. The molecule has 0 aliphatic carbocycles. The maximum absolute atomic E-state index is 11.0. The Kier molecular flexibility index (Phi) is 4.16. The summed E-state index contributed by atoms with van der Waals surface area (Å²) in [6, 6.07) is 8.95. The first-order valence-electron chi connectivity index (χ1n) is 5.74. The van der Waals surface area contributed by atoms with Crippen molar-refractivity contribution in [2.24, 2.45) is 0 Å². The number of aromatic nitrogens is 1. The molecule has 0 fully saturated rings. The van der Waals surface area contributed by atoms with Gasteiger partial charge in [0.15, 0.2) is 0 Å². The third-order valence-electron chi connectivity index (χ3n) is 2.61. The number of aryl methyl sites for hydroxylation is 1. The molecule has 2 N–H and O–H groups in total. The quantitative estimate of drug-likeness (QED) is 0.905. The summed E-state index contributed by atoms with van der Waals surface area (Å²) in [4.78, 5) is 15.2. The average molecular weight is 321 g/mol. The van der Waals surface area contributed by atoms with Crippen LogP contribution >= 0.6 is 15.9 Å². The van der Waals surface area contributed by atoms with E-state index in [1.165, 1.54) is 0 Å². The zero-order chi connectivity index (χ0) is 13.8. The van der Waals surface area contributed by atoms with E-state index in [1.54, 1.807) is 18.3 Å². The molecule has 98 valence electrons. The van der Waals surface area contributed by atoms with Gasteiger partial charge in [-0.3, -0.25) is 4.98 Å². The van der Waals surface area contributed by atoms with E-state index in [-0.39, 0.29) is 5.56 Å². The van der Waals surface area contributed by atoms with Gasteiger partial charge in [0.05, 0.1) is 5.56 Å². The second-order valence-electron chi connectivity index (χ2n) is 4.20. The van der Waals surface area contributed by atoms with E-state index < -0.39 is 5.97 Å². The molecule has 0 atom stereocenters. The number of aromatic carboxylic acids is 1. The van der Waals surface area contributed by atoms with Crippen LogP contribution in [-0.2, 0) is 6.54 Å². The predicted octanol–water partition coefficient (Wildman–Crippen LogP) is 3.46. The van der Waals surface area contributed by atoms with Crippen molar-refractivity contribution in [1.29, 1.82) is 0 Å². The topological polar surface area (TPSA) is 62.2 Å². The van der Waals surface area contributed by atoms with Crippen LogP contribution < -0.4 is 5.32 Å². The maximum Gasteiger partial charge on any atom is 0.335 e. The number of halogens is 1. The number of anilines is 1. The molecule has 0 aliphatic heterocycles. The summed E-state index contributed by atoms with van der Waals surface area (Å²) in [5, 5.41) is 12.2. The van der Waals surface area contributed by atoms with Gasteiger partial charge < -0.3 is 10.4 Å². The fourth-order valence-corrected chi connectivity index (χ4v) is 2.12. The number of hydrogen-bond acceptors (Lipinski definition) is 3. The highest BCUT2D eigenvalue weighted by molar-refractivity contribution is 9.10. The zero-order valence-corrected chi connectivity index (χ0v) is 11.9. The van der Waals surface area contributed by atoms with Crippen molar-refractivity contribution >= 4 is 27.6 Å². The normalized spacial score (nSPS) is 10.2. The molecule has 0 bridgehead atoms. The fraction of sp³-hybridized carbons (Fsp3) is 0.143. The van der Waals surface area contributed by atoms with Gasteiger partial charge in [-0.25, -0.2) is 4.79 Å². The number of nitrogens with zero attached hydrogens (tertiary/aromatic N) is 1. The highest BCUT2D eigenvalue weighted by Crippen LogP contribution is 2.20. The molecule has 19 heavy (non-hydrogen) atoms. The van der Waals surface area contributed by atoms with E-state index in [0.717, 1.165) is 21.4 Å². The van der Waals surface area contributed by atoms with Crippen LogP contribution in [0, 0.1) is 6.92 Å². The summed E-state index contributed by atoms with van der Waals surface area (Å²) in [6.45, 7) is 2.54. The van der Waals surface area contributed by atoms with Crippen LogP contribution in [0.1, 0.15) is 21.6 Å². The molecule has 4 nitrogen and oxygen atoms in total. The van der Waals surface area contributed by atoms with Gasteiger partial charge >= 0.3 is 5.97 Å². The summed E-state index contributed by atoms with van der Waals surface area (Å²) in [6.07, 6.45) is 1.80. The third-order valence-corrected chi connectivity index (χ3v) is 3.07. The summed E-state index contributed by atoms with van der Waals surface area (Å²) in [7, 11) is 0. The van der Waals surface area contributed by atoms with Crippen LogP contribution in [0.4, 0.5) is 5.69 Å². The van der Waals surface area contributed by atoms with Gasteiger partial charge in [-0.15, -0.1) is 0 Å². The number of rotatable bonds is 4. The van der Waals surface area contributed by atoms with Gasteiger partial charge in [-0.05, 0) is 36.8 Å². The van der Waals surface area contributed by atoms with Gasteiger partial charge in [0.2, 0.25) is 0 Å². The van der Waals surface area contributed by atoms with Crippen LogP contribution in [0.3, 0.4) is 0 Å². The number of nitrogens with one attached hydrogen (secondary N) is 1. The number of benzene rings is 1. The third kappa shape index (κ3) is 3.79. The van der Waals surface area contributed by atoms with E-state index in [2.05, 4.69) is 26.2 Å². The van der Waals surface area contributed by atoms with Gasteiger partial charge in [0.1, 0.15) is 0 Å². The van der Waals surface area contributed by atoms with Crippen LogP contribution in [-0.4, -0.2) is 16.1 Å². The summed E-state index contributed by atoms with van der Waals surface area (Å²) in [5.41, 5.74) is 3.02. The minimum Gasteiger partial charge on any atom is -0.478 e. The van der Waals surface area contributed by atoms with Gasteiger partial charge in [0, 0.05) is 28.6 Å². The van der Waals surface area contributed by atoms with Crippen molar-refractivity contribution in [3.63, 3.8) is 0 Å². The van der Waals surface area contributed by atoms with E-state index in [0.29, 0.717) is 6.54 Å². The highest BCUT2D eigenvalue weighted by atomic mass is 79.9. The summed E-state index contributed by atoms with van der Waals surface area (Å²) >= 11 is 3.30.